The highest BCUT2D eigenvalue weighted by Gasteiger charge is 2.15. The van der Waals surface area contributed by atoms with Crippen LogP contribution in [0.25, 0.3) is 0 Å². The van der Waals surface area contributed by atoms with Crippen molar-refractivity contribution in [2.75, 3.05) is 42.2 Å². The zero-order valence-electron chi connectivity index (χ0n) is 11.6. The number of nitrogens with one attached hydrogen (secondary N) is 2. The maximum atomic E-state index is 9.30. The van der Waals surface area contributed by atoms with Crippen molar-refractivity contribution in [3.63, 3.8) is 0 Å². The van der Waals surface area contributed by atoms with Gasteiger partial charge >= 0.3 is 0 Å². The van der Waals surface area contributed by atoms with Gasteiger partial charge in [-0.25, -0.2) is 0 Å². The largest absolute Gasteiger partial charge is 0.392 e. The maximum absolute atomic E-state index is 9.30. The van der Waals surface area contributed by atoms with Gasteiger partial charge in [0.25, 0.3) is 0 Å². The third-order valence-corrected chi connectivity index (χ3v) is 3.04. The van der Waals surface area contributed by atoms with E-state index in [4.69, 9.17) is 0 Å². The second-order valence-corrected chi connectivity index (χ2v) is 4.81. The molecule has 1 aliphatic heterocycles. The molecular weight excluding hydrogens is 244 g/mol. The Morgan fingerprint density at radius 2 is 1.84 bits per heavy atom. The Morgan fingerprint density at radius 3 is 2.47 bits per heavy atom. The molecule has 0 radical (unpaired) electrons. The van der Waals surface area contributed by atoms with E-state index in [0.717, 1.165) is 13.1 Å². The lowest BCUT2D eigenvalue weighted by Crippen LogP contribution is -2.31. The molecule has 0 aromatic carbocycles. The normalized spacial score (nSPS) is 17.1. The molecule has 2 rings (SSSR count). The second kappa shape index (κ2) is 6.51. The lowest BCUT2D eigenvalue weighted by molar-refractivity contribution is 0.208. The van der Waals surface area contributed by atoms with E-state index >= 15 is 0 Å². The summed E-state index contributed by atoms with van der Waals surface area (Å²) in [6.07, 6.45) is 3.19. The second-order valence-electron chi connectivity index (χ2n) is 4.81. The van der Waals surface area contributed by atoms with Crippen molar-refractivity contribution in [2.45, 2.75) is 32.3 Å². The molecule has 106 valence electrons. The number of rotatable bonds is 5. The number of aliphatic hydroxyl groups is 1. The summed E-state index contributed by atoms with van der Waals surface area (Å²) in [5.41, 5.74) is 0. The standard InChI is InChI=1S/C12H22N6O/c1-9(19)8-14-11-15-10(13-2)16-12(17-11)18-6-4-3-5-7-18/h9,19H,3-8H2,1-2H3,(H2,13,14,15,16,17). The molecule has 3 N–H and O–H groups in total. The highest BCUT2D eigenvalue weighted by atomic mass is 16.3. The van der Waals surface area contributed by atoms with Crippen LogP contribution in [0, 0.1) is 0 Å². The van der Waals surface area contributed by atoms with Crippen molar-refractivity contribution in [1.82, 2.24) is 15.0 Å². The molecule has 0 amide bonds. The van der Waals surface area contributed by atoms with E-state index in [-0.39, 0.29) is 0 Å². The molecule has 0 bridgehead atoms. The van der Waals surface area contributed by atoms with Gasteiger partial charge in [-0.05, 0) is 26.2 Å². The van der Waals surface area contributed by atoms with E-state index in [0.29, 0.717) is 24.4 Å². The van der Waals surface area contributed by atoms with Crippen LogP contribution >= 0.6 is 0 Å². The fraction of sp³-hybridized carbons (Fsp3) is 0.750. The highest BCUT2D eigenvalue weighted by molar-refractivity contribution is 5.43. The van der Waals surface area contributed by atoms with Crippen molar-refractivity contribution >= 4 is 17.8 Å². The zero-order valence-corrected chi connectivity index (χ0v) is 11.6. The summed E-state index contributed by atoms with van der Waals surface area (Å²) in [5.74, 6) is 1.75. The van der Waals surface area contributed by atoms with E-state index in [1.165, 1.54) is 19.3 Å². The summed E-state index contributed by atoms with van der Waals surface area (Å²) in [4.78, 5) is 15.2. The van der Waals surface area contributed by atoms with Gasteiger partial charge in [-0.2, -0.15) is 15.0 Å². The SMILES string of the molecule is CNc1nc(NCC(C)O)nc(N2CCCCC2)n1. The molecule has 7 heteroatoms. The van der Waals surface area contributed by atoms with E-state index in [1.807, 2.05) is 0 Å². The predicted molar refractivity (Wildman–Crippen MR) is 75.6 cm³/mol. The van der Waals surface area contributed by atoms with E-state index in [1.54, 1.807) is 14.0 Å². The fourth-order valence-electron chi connectivity index (χ4n) is 2.03. The summed E-state index contributed by atoms with van der Waals surface area (Å²) in [5, 5.41) is 15.3. The van der Waals surface area contributed by atoms with Gasteiger partial charge in [-0.15, -0.1) is 0 Å². The molecule has 1 unspecified atom stereocenters. The Kier molecular flexibility index (Phi) is 4.73. The summed E-state index contributed by atoms with van der Waals surface area (Å²) < 4.78 is 0. The molecule has 19 heavy (non-hydrogen) atoms. The van der Waals surface area contributed by atoms with Crippen LogP contribution in [-0.4, -0.2) is 52.8 Å². The smallest absolute Gasteiger partial charge is 0.231 e. The molecule has 0 aliphatic carbocycles. The molecule has 1 saturated heterocycles. The van der Waals surface area contributed by atoms with Gasteiger partial charge in [0.15, 0.2) is 0 Å². The van der Waals surface area contributed by atoms with Crippen LogP contribution in [0.1, 0.15) is 26.2 Å². The summed E-state index contributed by atoms with van der Waals surface area (Å²) in [6.45, 7) is 4.12. The average Bonchev–Trinajstić information content (AvgIpc) is 2.45. The monoisotopic (exact) mass is 266 g/mol. The van der Waals surface area contributed by atoms with E-state index < -0.39 is 6.10 Å². The number of nitrogens with zero attached hydrogens (tertiary/aromatic N) is 4. The van der Waals surface area contributed by atoms with Crippen LogP contribution in [0.15, 0.2) is 0 Å². The first-order chi connectivity index (χ1) is 9.19. The van der Waals surface area contributed by atoms with Crippen LogP contribution in [0.2, 0.25) is 0 Å². The van der Waals surface area contributed by atoms with Crippen molar-refractivity contribution in [3.05, 3.63) is 0 Å². The van der Waals surface area contributed by atoms with Gasteiger partial charge in [0.2, 0.25) is 17.8 Å². The molecule has 1 fully saturated rings. The highest BCUT2D eigenvalue weighted by Crippen LogP contribution is 2.18. The molecule has 7 nitrogen and oxygen atoms in total. The number of hydrogen-bond donors (Lipinski definition) is 3. The Hall–Kier alpha value is -1.63. The van der Waals surface area contributed by atoms with Crippen molar-refractivity contribution in [2.24, 2.45) is 0 Å². The number of piperidine rings is 1. The summed E-state index contributed by atoms with van der Waals surface area (Å²) >= 11 is 0. The van der Waals surface area contributed by atoms with E-state index in [9.17, 15) is 5.11 Å². The Balaban J connectivity index is 2.14. The van der Waals surface area contributed by atoms with Gasteiger partial charge < -0.3 is 20.6 Å². The first-order valence-corrected chi connectivity index (χ1v) is 6.80. The van der Waals surface area contributed by atoms with Crippen LogP contribution in [-0.2, 0) is 0 Å². The van der Waals surface area contributed by atoms with Crippen LogP contribution in [0.4, 0.5) is 17.8 Å². The molecule has 2 heterocycles. The minimum atomic E-state index is -0.437. The van der Waals surface area contributed by atoms with Gasteiger partial charge in [0, 0.05) is 26.7 Å². The van der Waals surface area contributed by atoms with Gasteiger partial charge in [-0.1, -0.05) is 0 Å². The maximum Gasteiger partial charge on any atom is 0.231 e. The molecular formula is C12H22N6O. The zero-order chi connectivity index (χ0) is 13.7. The van der Waals surface area contributed by atoms with Gasteiger partial charge in [0.1, 0.15) is 0 Å². The van der Waals surface area contributed by atoms with Crippen LogP contribution in [0.5, 0.6) is 0 Å². The third kappa shape index (κ3) is 3.92. The lowest BCUT2D eigenvalue weighted by Gasteiger charge is -2.27. The Labute approximate surface area is 113 Å². The number of aromatic nitrogens is 3. The number of anilines is 3. The first kappa shape index (κ1) is 13.8. The fourth-order valence-corrected chi connectivity index (χ4v) is 2.03. The van der Waals surface area contributed by atoms with Crippen molar-refractivity contribution in [1.29, 1.82) is 0 Å². The molecule has 1 aromatic rings. The number of hydrogen-bond acceptors (Lipinski definition) is 7. The average molecular weight is 266 g/mol. The molecule has 1 atom stereocenters. The summed E-state index contributed by atoms with van der Waals surface area (Å²) in [7, 11) is 1.79. The van der Waals surface area contributed by atoms with Crippen LogP contribution < -0.4 is 15.5 Å². The molecule has 0 saturated carbocycles. The predicted octanol–water partition coefficient (Wildman–Crippen LogP) is 0.696. The molecule has 1 aliphatic rings. The minimum Gasteiger partial charge on any atom is -0.392 e. The molecule has 0 spiro atoms. The molecule has 1 aromatic heterocycles. The minimum absolute atomic E-state index is 0.423. The Morgan fingerprint density at radius 1 is 1.16 bits per heavy atom. The van der Waals surface area contributed by atoms with Crippen molar-refractivity contribution in [3.8, 4) is 0 Å². The topological polar surface area (TPSA) is 86.2 Å². The lowest BCUT2D eigenvalue weighted by atomic mass is 10.1. The Bertz CT molecular complexity index is 405. The van der Waals surface area contributed by atoms with Crippen LogP contribution in [0.3, 0.4) is 0 Å². The van der Waals surface area contributed by atoms with Crippen molar-refractivity contribution < 1.29 is 5.11 Å². The number of aliphatic hydroxyl groups excluding tert-OH is 1. The van der Waals surface area contributed by atoms with Gasteiger partial charge in [0.05, 0.1) is 6.10 Å². The third-order valence-electron chi connectivity index (χ3n) is 3.04. The summed E-state index contributed by atoms with van der Waals surface area (Å²) in [6, 6.07) is 0. The quantitative estimate of drug-likeness (QED) is 0.723. The van der Waals surface area contributed by atoms with E-state index in [2.05, 4.69) is 30.5 Å². The first-order valence-electron chi connectivity index (χ1n) is 6.80. The van der Waals surface area contributed by atoms with Gasteiger partial charge in [-0.3, -0.25) is 0 Å².